The summed E-state index contributed by atoms with van der Waals surface area (Å²) in [6, 6.07) is 4.60. The van der Waals surface area contributed by atoms with E-state index in [-0.39, 0.29) is 36.2 Å². The molecule has 1 atom stereocenters. The highest BCUT2D eigenvalue weighted by molar-refractivity contribution is 6.38. The van der Waals surface area contributed by atoms with E-state index in [2.05, 4.69) is 15.1 Å². The summed E-state index contributed by atoms with van der Waals surface area (Å²) in [7, 11) is 0. The first-order valence-corrected chi connectivity index (χ1v) is 8.19. The fraction of sp³-hybridized carbons (Fsp3) is 0.353. The molecule has 11 heteroatoms. The van der Waals surface area contributed by atoms with Crippen molar-refractivity contribution < 1.29 is 22.7 Å². The molecule has 0 aromatic heterocycles. The van der Waals surface area contributed by atoms with E-state index in [9.17, 15) is 18.0 Å². The number of rotatable bonds is 3. The number of nitrogens with two attached hydrogens (primary N) is 1. The second-order valence-electron chi connectivity index (χ2n) is 6.27. The molecule has 0 aliphatic carbocycles. The first-order chi connectivity index (χ1) is 13.1. The highest BCUT2D eigenvalue weighted by Gasteiger charge is 2.51. The van der Waals surface area contributed by atoms with Gasteiger partial charge in [-0.25, -0.2) is 14.8 Å². The van der Waals surface area contributed by atoms with E-state index in [0.717, 1.165) is 12.1 Å². The van der Waals surface area contributed by atoms with E-state index < -0.39 is 28.8 Å². The molecule has 0 bridgehead atoms. The summed E-state index contributed by atoms with van der Waals surface area (Å²) < 4.78 is 44.4. The van der Waals surface area contributed by atoms with Gasteiger partial charge in [0.2, 0.25) is 5.96 Å². The van der Waals surface area contributed by atoms with Crippen molar-refractivity contribution in [2.45, 2.75) is 32.0 Å². The minimum atomic E-state index is -4.71. The van der Waals surface area contributed by atoms with Gasteiger partial charge in [-0.1, -0.05) is 0 Å². The minimum Gasteiger partial charge on any atom is -0.461 e. The Labute approximate surface area is 157 Å². The Morgan fingerprint density at radius 2 is 2.21 bits per heavy atom. The predicted molar refractivity (Wildman–Crippen MR) is 93.8 cm³/mol. The zero-order valence-electron chi connectivity index (χ0n) is 14.9. The summed E-state index contributed by atoms with van der Waals surface area (Å²) >= 11 is 0. The number of guanidine groups is 1. The lowest BCUT2D eigenvalue weighted by atomic mass is 9.95. The first kappa shape index (κ1) is 19.3. The van der Waals surface area contributed by atoms with Gasteiger partial charge in [-0.2, -0.15) is 28.5 Å². The van der Waals surface area contributed by atoms with Gasteiger partial charge in [0, 0.05) is 6.42 Å². The van der Waals surface area contributed by atoms with Crippen LogP contribution in [0, 0.1) is 11.3 Å². The molecular weight excluding hydrogens is 377 g/mol. The van der Waals surface area contributed by atoms with Gasteiger partial charge >= 0.3 is 12.1 Å². The third kappa shape index (κ3) is 3.17. The molecular formula is C17H15F3N6O2. The molecule has 146 valence electrons. The van der Waals surface area contributed by atoms with Crippen LogP contribution in [0.5, 0.6) is 0 Å². The molecule has 8 nitrogen and oxygen atoms in total. The molecule has 1 aromatic carbocycles. The number of hydrazone groups is 1. The second kappa shape index (κ2) is 6.63. The summed E-state index contributed by atoms with van der Waals surface area (Å²) in [6.07, 6.45) is -4.63. The van der Waals surface area contributed by atoms with Crippen molar-refractivity contribution in [3.8, 4) is 6.07 Å². The maximum Gasteiger partial charge on any atom is 0.417 e. The predicted octanol–water partition coefficient (Wildman–Crippen LogP) is 2.32. The van der Waals surface area contributed by atoms with Crippen LogP contribution in [0.2, 0.25) is 0 Å². The van der Waals surface area contributed by atoms with Crippen LogP contribution in [0.4, 0.5) is 18.9 Å². The first-order valence-electron chi connectivity index (χ1n) is 8.19. The molecule has 2 N–H and O–H groups in total. The Kier molecular flexibility index (Phi) is 4.58. The maximum atomic E-state index is 13.2. The normalized spacial score (nSPS) is 22.6. The number of hydrogen-bond donors (Lipinski definition) is 1. The summed E-state index contributed by atoms with van der Waals surface area (Å²) in [5.74, 6) is -0.542. The number of nitrogens with zero attached hydrogens (tertiary/aromatic N) is 5. The van der Waals surface area contributed by atoms with E-state index in [4.69, 9.17) is 15.7 Å². The van der Waals surface area contributed by atoms with E-state index >= 15 is 0 Å². The number of alkyl halides is 3. The Balaban J connectivity index is 1.99. The lowest BCUT2D eigenvalue weighted by Crippen LogP contribution is -2.45. The number of carbonyl (C=O) groups is 1. The second-order valence-corrected chi connectivity index (χ2v) is 6.27. The van der Waals surface area contributed by atoms with Crippen LogP contribution in [0.25, 0.3) is 0 Å². The average Bonchev–Trinajstić information content (AvgIpc) is 3.09. The van der Waals surface area contributed by atoms with Crippen LogP contribution in [-0.4, -0.2) is 40.6 Å². The van der Waals surface area contributed by atoms with Gasteiger partial charge in [0.25, 0.3) is 0 Å². The number of carbonyl (C=O) groups excluding carboxylic acids is 1. The molecule has 0 amide bonds. The van der Waals surface area contributed by atoms with Crippen molar-refractivity contribution in [1.82, 2.24) is 5.01 Å². The van der Waals surface area contributed by atoms with Crippen molar-refractivity contribution >= 4 is 29.2 Å². The number of benzene rings is 1. The smallest absolute Gasteiger partial charge is 0.417 e. The Morgan fingerprint density at radius 3 is 2.82 bits per heavy atom. The van der Waals surface area contributed by atoms with Crippen molar-refractivity contribution in [1.29, 1.82) is 5.26 Å². The molecule has 1 unspecified atom stereocenters. The highest BCUT2D eigenvalue weighted by Crippen LogP contribution is 2.37. The fourth-order valence-electron chi connectivity index (χ4n) is 2.95. The SMILES string of the molecule is CCOC(=O)C1=NN2C(N)=N/C(=N/c3ccc(C#N)c(C(F)(F)F)c3)C2(C)C1. The van der Waals surface area contributed by atoms with Crippen molar-refractivity contribution in [2.75, 3.05) is 6.61 Å². The van der Waals surface area contributed by atoms with Gasteiger partial charge in [0.15, 0.2) is 5.84 Å². The maximum absolute atomic E-state index is 13.2. The number of fused-ring (bicyclic) bond motifs is 1. The molecule has 3 rings (SSSR count). The number of halogens is 3. The molecule has 0 fully saturated rings. The summed E-state index contributed by atoms with van der Waals surface area (Å²) in [4.78, 5) is 20.2. The minimum absolute atomic E-state index is 0.0368. The highest BCUT2D eigenvalue weighted by atomic mass is 19.4. The van der Waals surface area contributed by atoms with Gasteiger partial charge in [0.1, 0.15) is 11.3 Å². The molecule has 0 spiro atoms. The zero-order chi connectivity index (χ0) is 20.7. The monoisotopic (exact) mass is 392 g/mol. The van der Waals surface area contributed by atoms with E-state index in [1.807, 2.05) is 0 Å². The quantitative estimate of drug-likeness (QED) is 0.793. The van der Waals surface area contributed by atoms with Crippen molar-refractivity contribution in [3.05, 3.63) is 29.3 Å². The van der Waals surface area contributed by atoms with E-state index in [0.29, 0.717) is 0 Å². The van der Waals surface area contributed by atoms with E-state index in [1.165, 1.54) is 17.1 Å². The summed E-state index contributed by atoms with van der Waals surface area (Å²) in [5.41, 5.74) is 3.28. The molecule has 2 heterocycles. The lowest BCUT2D eigenvalue weighted by Gasteiger charge is -2.25. The summed E-state index contributed by atoms with van der Waals surface area (Å²) in [6.45, 7) is 3.49. The number of aliphatic imine (C=N–C) groups is 2. The van der Waals surface area contributed by atoms with Gasteiger partial charge in [-0.05, 0) is 32.0 Å². The summed E-state index contributed by atoms with van der Waals surface area (Å²) in [5, 5.41) is 14.3. The molecule has 1 aromatic rings. The number of ether oxygens (including phenoxy) is 1. The Bertz CT molecular complexity index is 976. The van der Waals surface area contributed by atoms with Gasteiger partial charge in [-0.3, -0.25) is 0 Å². The Hall–Kier alpha value is -3.42. The third-order valence-electron chi connectivity index (χ3n) is 4.29. The topological polar surface area (TPSA) is 116 Å². The standard InChI is InChI=1S/C17H15F3N6O2/c1-3-28-13(27)12-7-16(2)14(24-15(22)26(16)25-12)23-10-5-4-9(8-21)11(6-10)17(18,19)20/h4-6H,3,7H2,1-2H3,(H2,22,23,24). The van der Waals surface area contributed by atoms with Crippen LogP contribution in [-0.2, 0) is 15.7 Å². The van der Waals surface area contributed by atoms with Gasteiger partial charge < -0.3 is 10.5 Å². The van der Waals surface area contributed by atoms with Gasteiger partial charge in [0.05, 0.1) is 29.5 Å². The fourth-order valence-corrected chi connectivity index (χ4v) is 2.95. The van der Waals surface area contributed by atoms with Gasteiger partial charge in [-0.15, -0.1) is 0 Å². The molecule has 28 heavy (non-hydrogen) atoms. The molecule has 2 aliphatic rings. The number of nitriles is 1. The van der Waals surface area contributed by atoms with Crippen molar-refractivity contribution in [2.24, 2.45) is 20.8 Å². The van der Waals surface area contributed by atoms with Crippen LogP contribution in [0.1, 0.15) is 31.4 Å². The number of esters is 1. The van der Waals surface area contributed by atoms with Crippen molar-refractivity contribution in [3.63, 3.8) is 0 Å². The number of hydrogen-bond acceptors (Lipinski definition) is 7. The molecule has 0 saturated heterocycles. The average molecular weight is 392 g/mol. The van der Waals surface area contributed by atoms with Crippen LogP contribution >= 0.6 is 0 Å². The Morgan fingerprint density at radius 1 is 1.50 bits per heavy atom. The molecule has 2 aliphatic heterocycles. The molecule has 0 radical (unpaired) electrons. The van der Waals surface area contributed by atoms with E-state index in [1.54, 1.807) is 13.8 Å². The molecule has 0 saturated carbocycles. The largest absolute Gasteiger partial charge is 0.461 e. The van der Waals surface area contributed by atoms with Crippen LogP contribution < -0.4 is 5.73 Å². The lowest BCUT2D eigenvalue weighted by molar-refractivity contribution is -0.138. The third-order valence-corrected chi connectivity index (χ3v) is 4.29. The zero-order valence-corrected chi connectivity index (χ0v) is 14.9. The number of amidine groups is 1. The van der Waals surface area contributed by atoms with Crippen LogP contribution in [0.3, 0.4) is 0 Å². The van der Waals surface area contributed by atoms with Crippen LogP contribution in [0.15, 0.2) is 33.3 Å².